The molecule has 0 aromatic heterocycles. The van der Waals surface area contributed by atoms with Crippen LogP contribution in [0.3, 0.4) is 0 Å². The highest BCUT2D eigenvalue weighted by atomic mass is 16.6. The molecule has 1 atom stereocenters. The fourth-order valence-electron chi connectivity index (χ4n) is 2.06. The second-order valence-corrected chi connectivity index (χ2v) is 6.19. The van der Waals surface area contributed by atoms with Gasteiger partial charge in [0.25, 0.3) is 0 Å². The SMILES string of the molecule is Cc1cc(C)c(C(N)CC(=O)OC(C)(C)C)cc1C. The van der Waals surface area contributed by atoms with Gasteiger partial charge in [0.2, 0.25) is 0 Å². The van der Waals surface area contributed by atoms with Crippen molar-refractivity contribution in [2.24, 2.45) is 5.73 Å². The molecule has 3 nitrogen and oxygen atoms in total. The summed E-state index contributed by atoms with van der Waals surface area (Å²) in [5, 5.41) is 0. The Morgan fingerprint density at radius 1 is 1.16 bits per heavy atom. The van der Waals surface area contributed by atoms with E-state index >= 15 is 0 Å². The molecule has 3 heteroatoms. The van der Waals surface area contributed by atoms with Gasteiger partial charge in [-0.25, -0.2) is 0 Å². The van der Waals surface area contributed by atoms with E-state index in [9.17, 15) is 4.79 Å². The van der Waals surface area contributed by atoms with E-state index in [4.69, 9.17) is 10.5 Å². The zero-order valence-electron chi connectivity index (χ0n) is 12.8. The number of benzene rings is 1. The second kappa shape index (κ2) is 5.74. The Bertz CT molecular complexity index is 472. The highest BCUT2D eigenvalue weighted by Crippen LogP contribution is 2.23. The first-order chi connectivity index (χ1) is 8.60. The maximum absolute atomic E-state index is 11.8. The largest absolute Gasteiger partial charge is 0.460 e. The van der Waals surface area contributed by atoms with Crippen LogP contribution in [0.4, 0.5) is 0 Å². The minimum Gasteiger partial charge on any atom is -0.460 e. The van der Waals surface area contributed by atoms with E-state index in [-0.39, 0.29) is 18.4 Å². The van der Waals surface area contributed by atoms with E-state index in [1.165, 1.54) is 11.1 Å². The summed E-state index contributed by atoms with van der Waals surface area (Å²) in [7, 11) is 0. The Kier molecular flexibility index (Phi) is 4.75. The molecule has 1 rings (SSSR count). The van der Waals surface area contributed by atoms with Crippen molar-refractivity contribution in [2.45, 2.75) is 59.6 Å². The predicted octanol–water partition coefficient (Wildman–Crippen LogP) is 3.34. The third-order valence-corrected chi connectivity index (χ3v) is 3.09. The molecule has 1 unspecified atom stereocenters. The van der Waals surface area contributed by atoms with Gasteiger partial charge >= 0.3 is 5.97 Å². The number of rotatable bonds is 3. The summed E-state index contributed by atoms with van der Waals surface area (Å²) in [6, 6.07) is 3.87. The number of hydrogen-bond donors (Lipinski definition) is 1. The summed E-state index contributed by atoms with van der Waals surface area (Å²) in [5.41, 5.74) is 10.3. The van der Waals surface area contributed by atoms with Crippen molar-refractivity contribution in [3.05, 3.63) is 34.4 Å². The van der Waals surface area contributed by atoms with E-state index in [0.717, 1.165) is 11.1 Å². The Hall–Kier alpha value is -1.35. The van der Waals surface area contributed by atoms with Crippen LogP contribution >= 0.6 is 0 Å². The molecule has 1 aromatic carbocycles. The number of aryl methyl sites for hydroxylation is 3. The van der Waals surface area contributed by atoms with Crippen LogP contribution in [0.15, 0.2) is 12.1 Å². The van der Waals surface area contributed by atoms with E-state index in [1.54, 1.807) is 0 Å². The van der Waals surface area contributed by atoms with Crippen molar-refractivity contribution in [3.8, 4) is 0 Å². The third-order valence-electron chi connectivity index (χ3n) is 3.09. The Morgan fingerprint density at radius 2 is 1.68 bits per heavy atom. The van der Waals surface area contributed by atoms with Gasteiger partial charge in [0.1, 0.15) is 5.60 Å². The molecular weight excluding hydrogens is 238 g/mol. The van der Waals surface area contributed by atoms with E-state index in [2.05, 4.69) is 26.0 Å². The van der Waals surface area contributed by atoms with Crippen LogP contribution in [0.2, 0.25) is 0 Å². The average molecular weight is 263 g/mol. The number of carbonyl (C=O) groups is 1. The van der Waals surface area contributed by atoms with E-state index in [0.29, 0.717) is 0 Å². The summed E-state index contributed by atoms with van der Waals surface area (Å²) < 4.78 is 5.30. The van der Waals surface area contributed by atoms with Crippen molar-refractivity contribution < 1.29 is 9.53 Å². The predicted molar refractivity (Wildman–Crippen MR) is 78.0 cm³/mol. The van der Waals surface area contributed by atoms with Gasteiger partial charge in [-0.15, -0.1) is 0 Å². The Balaban J connectivity index is 2.81. The lowest BCUT2D eigenvalue weighted by molar-refractivity contribution is -0.155. The summed E-state index contributed by atoms with van der Waals surface area (Å²) in [4.78, 5) is 11.8. The first-order valence-electron chi connectivity index (χ1n) is 6.65. The first kappa shape index (κ1) is 15.7. The molecule has 19 heavy (non-hydrogen) atoms. The number of esters is 1. The molecule has 0 heterocycles. The molecule has 106 valence electrons. The Morgan fingerprint density at radius 3 is 2.21 bits per heavy atom. The van der Waals surface area contributed by atoms with Gasteiger partial charge in [-0.05, 0) is 63.8 Å². The highest BCUT2D eigenvalue weighted by Gasteiger charge is 2.20. The molecule has 0 saturated carbocycles. The minimum atomic E-state index is -0.463. The maximum atomic E-state index is 11.8. The molecule has 0 aliphatic heterocycles. The molecule has 1 aromatic rings. The lowest BCUT2D eigenvalue weighted by Gasteiger charge is -2.22. The van der Waals surface area contributed by atoms with Gasteiger partial charge in [0.05, 0.1) is 6.42 Å². The van der Waals surface area contributed by atoms with Crippen molar-refractivity contribution in [1.82, 2.24) is 0 Å². The van der Waals surface area contributed by atoms with Gasteiger partial charge in [-0.2, -0.15) is 0 Å². The van der Waals surface area contributed by atoms with Crippen molar-refractivity contribution >= 4 is 5.97 Å². The zero-order chi connectivity index (χ0) is 14.8. The van der Waals surface area contributed by atoms with Crippen LogP contribution in [0.25, 0.3) is 0 Å². The summed E-state index contributed by atoms with van der Waals surface area (Å²) >= 11 is 0. The normalized spacial score (nSPS) is 13.2. The summed E-state index contributed by atoms with van der Waals surface area (Å²) in [6.07, 6.45) is 0.209. The lowest BCUT2D eigenvalue weighted by Crippen LogP contribution is -2.26. The number of carbonyl (C=O) groups excluding carboxylic acids is 1. The first-order valence-corrected chi connectivity index (χ1v) is 6.65. The fourth-order valence-corrected chi connectivity index (χ4v) is 2.06. The quantitative estimate of drug-likeness (QED) is 0.851. The summed E-state index contributed by atoms with van der Waals surface area (Å²) in [5.74, 6) is -0.252. The van der Waals surface area contributed by atoms with Crippen molar-refractivity contribution in [1.29, 1.82) is 0 Å². The monoisotopic (exact) mass is 263 g/mol. The molecule has 0 spiro atoms. The number of hydrogen-bond acceptors (Lipinski definition) is 3. The molecular formula is C16H25NO2. The smallest absolute Gasteiger partial charge is 0.308 e. The molecule has 0 aliphatic carbocycles. The maximum Gasteiger partial charge on any atom is 0.308 e. The average Bonchev–Trinajstić information content (AvgIpc) is 2.20. The summed E-state index contributed by atoms with van der Waals surface area (Å²) in [6.45, 7) is 11.7. The van der Waals surface area contributed by atoms with E-state index in [1.807, 2.05) is 27.7 Å². The molecule has 0 bridgehead atoms. The van der Waals surface area contributed by atoms with Crippen LogP contribution in [0, 0.1) is 20.8 Å². The fraction of sp³-hybridized carbons (Fsp3) is 0.562. The molecule has 0 amide bonds. The number of ether oxygens (including phenoxy) is 1. The standard InChI is InChI=1S/C16H25NO2/c1-10-7-12(3)13(8-11(10)2)14(17)9-15(18)19-16(4,5)6/h7-8,14H,9,17H2,1-6H3. The van der Waals surface area contributed by atoms with Crippen molar-refractivity contribution in [2.75, 3.05) is 0 Å². The minimum absolute atomic E-state index is 0.209. The van der Waals surface area contributed by atoms with Crippen LogP contribution in [-0.4, -0.2) is 11.6 Å². The highest BCUT2D eigenvalue weighted by molar-refractivity contribution is 5.71. The molecule has 0 saturated heterocycles. The van der Waals surface area contributed by atoms with Gasteiger partial charge in [0, 0.05) is 6.04 Å². The van der Waals surface area contributed by atoms with Gasteiger partial charge in [0.15, 0.2) is 0 Å². The lowest BCUT2D eigenvalue weighted by atomic mass is 9.94. The third kappa shape index (κ3) is 4.67. The molecule has 0 radical (unpaired) electrons. The molecule has 0 fully saturated rings. The van der Waals surface area contributed by atoms with Gasteiger partial charge < -0.3 is 10.5 Å². The van der Waals surface area contributed by atoms with Gasteiger partial charge in [-0.3, -0.25) is 4.79 Å². The van der Waals surface area contributed by atoms with Gasteiger partial charge in [-0.1, -0.05) is 12.1 Å². The number of nitrogens with two attached hydrogens (primary N) is 1. The molecule has 0 aliphatic rings. The molecule has 2 N–H and O–H groups in total. The van der Waals surface area contributed by atoms with Crippen LogP contribution in [0.5, 0.6) is 0 Å². The van der Waals surface area contributed by atoms with E-state index < -0.39 is 5.60 Å². The second-order valence-electron chi connectivity index (χ2n) is 6.19. The van der Waals surface area contributed by atoms with Crippen LogP contribution < -0.4 is 5.73 Å². The van der Waals surface area contributed by atoms with Crippen LogP contribution in [0.1, 0.15) is 55.5 Å². The zero-order valence-corrected chi connectivity index (χ0v) is 12.8. The van der Waals surface area contributed by atoms with Crippen LogP contribution in [-0.2, 0) is 9.53 Å². The van der Waals surface area contributed by atoms with Crippen molar-refractivity contribution in [3.63, 3.8) is 0 Å². The topological polar surface area (TPSA) is 52.3 Å². The Labute approximate surface area is 116 Å².